The van der Waals surface area contributed by atoms with Crippen molar-refractivity contribution >= 4 is 33.5 Å². The third kappa shape index (κ3) is 1.79. The van der Waals surface area contributed by atoms with Crippen LogP contribution in [0.1, 0.15) is 17.5 Å². The van der Waals surface area contributed by atoms with E-state index in [0.717, 1.165) is 16.7 Å². The average Bonchev–Trinajstić information content (AvgIpc) is 3.23. The van der Waals surface area contributed by atoms with Gasteiger partial charge in [0.05, 0.1) is 6.07 Å². The van der Waals surface area contributed by atoms with E-state index < -0.39 is 5.41 Å². The van der Waals surface area contributed by atoms with E-state index in [1.807, 2.05) is 24.3 Å². The number of benzene rings is 3. The molecule has 0 radical (unpaired) electrons. The summed E-state index contributed by atoms with van der Waals surface area (Å²) in [6, 6.07) is 18.9. The van der Waals surface area contributed by atoms with Crippen LogP contribution in [0.15, 0.2) is 66.3 Å². The zero-order valence-corrected chi connectivity index (χ0v) is 14.1. The molecule has 1 unspecified atom stereocenters. The fourth-order valence-corrected chi connectivity index (χ4v) is 4.47. The number of nitrogens with one attached hydrogen (secondary N) is 1. The SMILES string of the molecule is N#CCNC(=O)C12CC=CC1=Cc1c2ccc2c1ccc1ccccc12. The van der Waals surface area contributed by atoms with Crippen molar-refractivity contribution in [2.24, 2.45) is 0 Å². The molecule has 3 nitrogen and oxygen atoms in total. The molecule has 2 aliphatic carbocycles. The summed E-state index contributed by atoms with van der Waals surface area (Å²) in [6.45, 7) is 0.0292. The molecule has 0 saturated heterocycles. The van der Waals surface area contributed by atoms with E-state index in [2.05, 4.69) is 53.9 Å². The van der Waals surface area contributed by atoms with E-state index >= 15 is 0 Å². The molecule has 1 amide bonds. The summed E-state index contributed by atoms with van der Waals surface area (Å²) in [5.41, 5.74) is 2.49. The second-order valence-corrected chi connectivity index (χ2v) is 6.86. The molecular weight excluding hydrogens is 320 g/mol. The molecule has 0 aromatic heterocycles. The molecule has 124 valence electrons. The van der Waals surface area contributed by atoms with Gasteiger partial charge in [0.25, 0.3) is 0 Å². The van der Waals surface area contributed by atoms with E-state index in [9.17, 15) is 4.79 Å². The van der Waals surface area contributed by atoms with Crippen molar-refractivity contribution in [2.45, 2.75) is 11.8 Å². The summed E-state index contributed by atoms with van der Waals surface area (Å²) in [5.74, 6) is -0.0887. The van der Waals surface area contributed by atoms with Crippen LogP contribution in [0.3, 0.4) is 0 Å². The van der Waals surface area contributed by atoms with E-state index in [4.69, 9.17) is 5.26 Å². The highest BCUT2D eigenvalue weighted by molar-refractivity contribution is 6.13. The van der Waals surface area contributed by atoms with Crippen LogP contribution in [0, 0.1) is 11.3 Å². The van der Waals surface area contributed by atoms with Gasteiger partial charge < -0.3 is 5.32 Å². The van der Waals surface area contributed by atoms with Gasteiger partial charge in [-0.2, -0.15) is 5.26 Å². The number of rotatable bonds is 2. The van der Waals surface area contributed by atoms with Gasteiger partial charge in [0.15, 0.2) is 0 Å². The fraction of sp³-hybridized carbons (Fsp3) is 0.130. The van der Waals surface area contributed by atoms with Gasteiger partial charge in [-0.25, -0.2) is 0 Å². The second kappa shape index (κ2) is 5.31. The molecule has 0 heterocycles. The zero-order valence-electron chi connectivity index (χ0n) is 14.1. The molecule has 0 saturated carbocycles. The largest absolute Gasteiger partial charge is 0.342 e. The molecule has 0 aliphatic heterocycles. The quantitative estimate of drug-likeness (QED) is 0.562. The van der Waals surface area contributed by atoms with Gasteiger partial charge in [-0.1, -0.05) is 60.7 Å². The molecule has 1 atom stereocenters. The highest BCUT2D eigenvalue weighted by Crippen LogP contribution is 2.51. The summed E-state index contributed by atoms with van der Waals surface area (Å²) in [4.78, 5) is 13.0. The molecule has 2 aliphatic rings. The van der Waals surface area contributed by atoms with Gasteiger partial charge in [0.2, 0.25) is 5.91 Å². The summed E-state index contributed by atoms with van der Waals surface area (Å²) in [7, 11) is 0. The summed E-state index contributed by atoms with van der Waals surface area (Å²) in [6.07, 6.45) is 6.87. The molecule has 3 aromatic carbocycles. The smallest absolute Gasteiger partial charge is 0.236 e. The highest BCUT2D eigenvalue weighted by atomic mass is 16.2. The molecule has 26 heavy (non-hydrogen) atoms. The standard InChI is InChI=1S/C23H16N2O/c24-12-13-25-22(26)23-11-3-5-16(23)14-20-19-8-7-15-4-1-2-6-17(15)18(19)9-10-21(20)23/h1-10,14H,11,13H2,(H,25,26). The van der Waals surface area contributed by atoms with Crippen LogP contribution in [0.4, 0.5) is 0 Å². The van der Waals surface area contributed by atoms with Crippen molar-refractivity contribution in [3.8, 4) is 6.07 Å². The monoisotopic (exact) mass is 336 g/mol. The number of allylic oxidation sites excluding steroid dienone is 2. The first-order valence-corrected chi connectivity index (χ1v) is 8.74. The number of nitriles is 1. The Bertz CT molecular complexity index is 1200. The molecule has 3 aromatic rings. The minimum Gasteiger partial charge on any atom is -0.342 e. The number of hydrogen-bond acceptors (Lipinski definition) is 2. The average molecular weight is 336 g/mol. The lowest BCUT2D eigenvalue weighted by atomic mass is 9.76. The van der Waals surface area contributed by atoms with Crippen LogP contribution in [0.2, 0.25) is 0 Å². The first-order chi connectivity index (χ1) is 12.8. The number of nitrogens with zero attached hydrogens (tertiary/aromatic N) is 1. The minimum atomic E-state index is -0.688. The van der Waals surface area contributed by atoms with Crippen LogP contribution in [0.5, 0.6) is 0 Å². The third-order valence-corrected chi connectivity index (χ3v) is 5.66. The molecule has 3 heteroatoms. The fourth-order valence-electron chi connectivity index (χ4n) is 4.47. The molecule has 1 N–H and O–H groups in total. The Hall–Kier alpha value is -3.38. The van der Waals surface area contributed by atoms with E-state index in [0.29, 0.717) is 6.42 Å². The Morgan fingerprint density at radius 3 is 2.81 bits per heavy atom. The van der Waals surface area contributed by atoms with Crippen molar-refractivity contribution in [1.29, 1.82) is 5.26 Å². The van der Waals surface area contributed by atoms with Crippen LogP contribution < -0.4 is 5.32 Å². The lowest BCUT2D eigenvalue weighted by molar-refractivity contribution is -0.124. The Morgan fingerprint density at radius 1 is 1.08 bits per heavy atom. The van der Waals surface area contributed by atoms with Crippen molar-refractivity contribution in [2.75, 3.05) is 6.54 Å². The van der Waals surface area contributed by atoms with Gasteiger partial charge >= 0.3 is 0 Å². The normalized spacial score (nSPS) is 19.9. The predicted molar refractivity (Wildman–Crippen MR) is 103 cm³/mol. The van der Waals surface area contributed by atoms with Crippen LogP contribution in [-0.4, -0.2) is 12.5 Å². The van der Waals surface area contributed by atoms with Crippen molar-refractivity contribution in [1.82, 2.24) is 5.32 Å². The lowest BCUT2D eigenvalue weighted by Gasteiger charge is -2.27. The second-order valence-electron chi connectivity index (χ2n) is 6.86. The molecule has 0 spiro atoms. The number of carbonyl (C=O) groups is 1. The third-order valence-electron chi connectivity index (χ3n) is 5.66. The molecule has 0 bridgehead atoms. The van der Waals surface area contributed by atoms with Gasteiger partial charge in [0, 0.05) is 0 Å². The van der Waals surface area contributed by atoms with E-state index in [-0.39, 0.29) is 12.5 Å². The van der Waals surface area contributed by atoms with E-state index in [1.54, 1.807) is 0 Å². The van der Waals surface area contributed by atoms with Crippen LogP contribution in [0.25, 0.3) is 27.6 Å². The Labute approximate surface area is 151 Å². The highest BCUT2D eigenvalue weighted by Gasteiger charge is 2.48. The molecular formula is C23H16N2O. The summed E-state index contributed by atoms with van der Waals surface area (Å²) >= 11 is 0. The van der Waals surface area contributed by atoms with Crippen LogP contribution >= 0.6 is 0 Å². The number of fused-ring (bicyclic) bond motifs is 7. The number of carbonyl (C=O) groups excluding carboxylic acids is 1. The van der Waals surface area contributed by atoms with Crippen molar-refractivity contribution in [3.63, 3.8) is 0 Å². The zero-order chi connectivity index (χ0) is 17.7. The maximum absolute atomic E-state index is 13.0. The topological polar surface area (TPSA) is 52.9 Å². The van der Waals surface area contributed by atoms with Gasteiger partial charge in [-0.3, -0.25) is 4.79 Å². The summed E-state index contributed by atoms with van der Waals surface area (Å²) in [5, 5.41) is 16.4. The maximum Gasteiger partial charge on any atom is 0.236 e. The Morgan fingerprint density at radius 2 is 1.92 bits per heavy atom. The molecule has 5 rings (SSSR count). The lowest BCUT2D eigenvalue weighted by Crippen LogP contribution is -2.43. The van der Waals surface area contributed by atoms with Crippen molar-refractivity contribution < 1.29 is 4.79 Å². The first kappa shape index (κ1) is 14.9. The predicted octanol–water partition coefficient (Wildman–Crippen LogP) is 4.23. The van der Waals surface area contributed by atoms with Gasteiger partial charge in [0.1, 0.15) is 12.0 Å². The summed E-state index contributed by atoms with van der Waals surface area (Å²) < 4.78 is 0. The molecule has 0 fully saturated rings. The Balaban J connectivity index is 1.78. The first-order valence-electron chi connectivity index (χ1n) is 8.74. The van der Waals surface area contributed by atoms with Crippen LogP contribution in [-0.2, 0) is 10.2 Å². The van der Waals surface area contributed by atoms with Gasteiger partial charge in [-0.15, -0.1) is 0 Å². The Kier molecular flexibility index (Phi) is 3.05. The van der Waals surface area contributed by atoms with Crippen molar-refractivity contribution in [3.05, 3.63) is 77.4 Å². The minimum absolute atomic E-state index is 0.0292. The van der Waals surface area contributed by atoms with E-state index in [1.165, 1.54) is 21.5 Å². The number of hydrogen-bond donors (Lipinski definition) is 1. The maximum atomic E-state index is 13.0. The number of amides is 1. The van der Waals surface area contributed by atoms with Gasteiger partial charge in [-0.05, 0) is 50.7 Å².